The van der Waals surface area contributed by atoms with Crippen LogP contribution in [0.15, 0.2) is 0 Å². The zero-order valence-electron chi connectivity index (χ0n) is 13.4. The van der Waals surface area contributed by atoms with E-state index in [1.165, 1.54) is 12.8 Å². The maximum absolute atomic E-state index is 12.2. The Morgan fingerprint density at radius 1 is 1.29 bits per heavy atom. The van der Waals surface area contributed by atoms with E-state index in [1.807, 2.05) is 11.8 Å². The average Bonchev–Trinajstić information content (AvgIpc) is 3.32. The largest absolute Gasteiger partial charge is 0.355 e. The Labute approximate surface area is 128 Å². The van der Waals surface area contributed by atoms with Crippen molar-refractivity contribution in [1.82, 2.24) is 15.1 Å². The van der Waals surface area contributed by atoms with Crippen LogP contribution in [-0.2, 0) is 9.59 Å². The Morgan fingerprint density at radius 2 is 2.05 bits per heavy atom. The average molecular weight is 295 g/mol. The lowest BCUT2D eigenvalue weighted by molar-refractivity contribution is -0.135. The van der Waals surface area contributed by atoms with E-state index in [9.17, 15) is 9.59 Å². The van der Waals surface area contributed by atoms with Gasteiger partial charge in [0.15, 0.2) is 0 Å². The van der Waals surface area contributed by atoms with Crippen molar-refractivity contribution >= 4 is 11.8 Å². The molecule has 1 saturated heterocycles. The van der Waals surface area contributed by atoms with Gasteiger partial charge >= 0.3 is 0 Å². The fourth-order valence-corrected chi connectivity index (χ4v) is 2.99. The number of carbonyl (C=O) groups excluding carboxylic acids is 2. The third-order valence-electron chi connectivity index (χ3n) is 4.54. The molecule has 1 aliphatic carbocycles. The number of likely N-dealkylation sites (N-methyl/N-ethyl adjacent to an activating group) is 1. The molecule has 0 aromatic heterocycles. The molecule has 1 N–H and O–H groups in total. The predicted molar refractivity (Wildman–Crippen MR) is 82.9 cm³/mol. The van der Waals surface area contributed by atoms with Crippen molar-refractivity contribution in [2.75, 3.05) is 33.2 Å². The summed E-state index contributed by atoms with van der Waals surface area (Å²) in [6.45, 7) is 5.06. The lowest BCUT2D eigenvalue weighted by Gasteiger charge is -2.32. The molecule has 1 atom stereocenters. The van der Waals surface area contributed by atoms with Crippen LogP contribution in [0.1, 0.15) is 45.4 Å². The first-order valence-corrected chi connectivity index (χ1v) is 8.37. The lowest BCUT2D eigenvalue weighted by Crippen LogP contribution is -2.46. The summed E-state index contributed by atoms with van der Waals surface area (Å²) in [6.07, 6.45) is 5.90. The van der Waals surface area contributed by atoms with Crippen molar-refractivity contribution in [2.45, 2.75) is 51.5 Å². The molecule has 1 saturated carbocycles. The third-order valence-corrected chi connectivity index (χ3v) is 4.54. The number of rotatable bonds is 7. The Hall–Kier alpha value is -1.10. The predicted octanol–water partition coefficient (Wildman–Crippen LogP) is 1.24. The van der Waals surface area contributed by atoms with Crippen LogP contribution in [0.2, 0.25) is 0 Å². The fourth-order valence-electron chi connectivity index (χ4n) is 2.99. The van der Waals surface area contributed by atoms with Crippen molar-refractivity contribution in [3.8, 4) is 0 Å². The molecule has 0 radical (unpaired) electrons. The second-order valence-corrected chi connectivity index (χ2v) is 6.43. The third kappa shape index (κ3) is 4.99. The molecule has 1 unspecified atom stereocenters. The quantitative estimate of drug-likeness (QED) is 0.769. The molecule has 2 fully saturated rings. The highest BCUT2D eigenvalue weighted by molar-refractivity contribution is 5.81. The summed E-state index contributed by atoms with van der Waals surface area (Å²) in [4.78, 5) is 28.3. The van der Waals surface area contributed by atoms with E-state index in [4.69, 9.17) is 0 Å². The Bertz CT molecular complexity index is 369. The molecule has 0 spiro atoms. The van der Waals surface area contributed by atoms with Gasteiger partial charge in [-0.1, -0.05) is 6.92 Å². The van der Waals surface area contributed by atoms with Crippen LogP contribution < -0.4 is 5.32 Å². The minimum Gasteiger partial charge on any atom is -0.355 e. The van der Waals surface area contributed by atoms with E-state index in [-0.39, 0.29) is 17.7 Å². The van der Waals surface area contributed by atoms with E-state index in [0.717, 1.165) is 38.4 Å². The first kappa shape index (κ1) is 16.3. The lowest BCUT2D eigenvalue weighted by atomic mass is 9.96. The summed E-state index contributed by atoms with van der Waals surface area (Å²) < 4.78 is 0. The summed E-state index contributed by atoms with van der Waals surface area (Å²) in [5, 5.41) is 3.04. The van der Waals surface area contributed by atoms with Crippen LogP contribution in [0.25, 0.3) is 0 Å². The van der Waals surface area contributed by atoms with Crippen molar-refractivity contribution < 1.29 is 9.59 Å². The first-order valence-electron chi connectivity index (χ1n) is 8.37. The number of piperidine rings is 1. The number of nitrogens with zero attached hydrogens (tertiary/aromatic N) is 2. The molecule has 0 aromatic rings. The molecule has 5 heteroatoms. The molecule has 2 aliphatic rings. The van der Waals surface area contributed by atoms with Crippen molar-refractivity contribution in [2.24, 2.45) is 5.92 Å². The monoisotopic (exact) mass is 295 g/mol. The normalized spacial score (nSPS) is 22.4. The first-order chi connectivity index (χ1) is 10.1. The number of amides is 2. The molecule has 1 aliphatic heterocycles. The maximum atomic E-state index is 12.2. The molecule has 0 aromatic carbocycles. The van der Waals surface area contributed by atoms with Crippen LogP contribution in [0.5, 0.6) is 0 Å². The minimum atomic E-state index is -0.0224. The van der Waals surface area contributed by atoms with Crippen molar-refractivity contribution in [3.05, 3.63) is 0 Å². The molecule has 21 heavy (non-hydrogen) atoms. The van der Waals surface area contributed by atoms with E-state index >= 15 is 0 Å². The van der Waals surface area contributed by atoms with Gasteiger partial charge in [0.05, 0.1) is 5.92 Å². The van der Waals surface area contributed by atoms with Crippen LogP contribution in [0, 0.1) is 5.92 Å². The summed E-state index contributed by atoms with van der Waals surface area (Å²) in [5.41, 5.74) is 0. The van der Waals surface area contributed by atoms with Gasteiger partial charge < -0.3 is 15.1 Å². The van der Waals surface area contributed by atoms with E-state index in [1.54, 1.807) is 0 Å². The maximum Gasteiger partial charge on any atom is 0.224 e. The molecule has 1 heterocycles. The smallest absolute Gasteiger partial charge is 0.224 e. The molecule has 2 amide bonds. The molecule has 120 valence electrons. The van der Waals surface area contributed by atoms with E-state index in [2.05, 4.69) is 17.3 Å². The molecular formula is C16H29N3O2. The number of nitrogens with one attached hydrogen (secondary N) is 1. The second kappa shape index (κ2) is 7.78. The molecule has 0 bridgehead atoms. The van der Waals surface area contributed by atoms with Crippen LogP contribution in [-0.4, -0.2) is 60.9 Å². The van der Waals surface area contributed by atoms with Gasteiger partial charge in [0.1, 0.15) is 0 Å². The van der Waals surface area contributed by atoms with Crippen molar-refractivity contribution in [1.29, 1.82) is 0 Å². The highest BCUT2D eigenvalue weighted by Gasteiger charge is 2.28. The summed E-state index contributed by atoms with van der Waals surface area (Å²) in [6, 6.07) is 0.735. The van der Waals surface area contributed by atoms with Gasteiger partial charge in [-0.2, -0.15) is 0 Å². The molecular weight excluding hydrogens is 266 g/mol. The Balaban J connectivity index is 1.69. The second-order valence-electron chi connectivity index (χ2n) is 6.43. The van der Waals surface area contributed by atoms with Gasteiger partial charge in [0, 0.05) is 38.6 Å². The molecule has 2 rings (SSSR count). The van der Waals surface area contributed by atoms with Crippen LogP contribution in [0.3, 0.4) is 0 Å². The van der Waals surface area contributed by atoms with Gasteiger partial charge in [0.2, 0.25) is 11.8 Å². The fraction of sp³-hybridized carbons (Fsp3) is 0.875. The van der Waals surface area contributed by atoms with Gasteiger partial charge in [-0.15, -0.1) is 0 Å². The number of hydrogen-bond donors (Lipinski definition) is 1. The number of hydrogen-bond acceptors (Lipinski definition) is 3. The van der Waals surface area contributed by atoms with Crippen molar-refractivity contribution in [3.63, 3.8) is 0 Å². The summed E-state index contributed by atoms with van der Waals surface area (Å²) >= 11 is 0. The Kier molecular flexibility index (Phi) is 6.03. The highest BCUT2D eigenvalue weighted by atomic mass is 16.2. The van der Waals surface area contributed by atoms with E-state index in [0.29, 0.717) is 19.5 Å². The minimum absolute atomic E-state index is 0.0224. The summed E-state index contributed by atoms with van der Waals surface area (Å²) in [5.74, 6) is 0.294. The standard InChI is InChI=1S/C16H29N3O2/c1-3-5-15(20)19-10-4-6-13(12-19)16(21)17-9-11-18(2)14-7-8-14/h13-14H,3-12H2,1-2H3,(H,17,21). The van der Waals surface area contributed by atoms with Gasteiger partial charge in [0.25, 0.3) is 0 Å². The Morgan fingerprint density at radius 3 is 2.71 bits per heavy atom. The van der Waals surface area contributed by atoms with E-state index < -0.39 is 0 Å². The topological polar surface area (TPSA) is 52.7 Å². The van der Waals surface area contributed by atoms with Crippen LogP contribution in [0.4, 0.5) is 0 Å². The van der Waals surface area contributed by atoms with Gasteiger partial charge in [-0.05, 0) is 39.2 Å². The molecule has 5 nitrogen and oxygen atoms in total. The zero-order chi connectivity index (χ0) is 15.2. The summed E-state index contributed by atoms with van der Waals surface area (Å²) in [7, 11) is 2.12. The number of carbonyl (C=O) groups is 2. The SMILES string of the molecule is CCCC(=O)N1CCCC(C(=O)NCCN(C)C2CC2)C1. The highest BCUT2D eigenvalue weighted by Crippen LogP contribution is 2.24. The van der Waals surface area contributed by atoms with Gasteiger partial charge in [-0.3, -0.25) is 9.59 Å². The zero-order valence-corrected chi connectivity index (χ0v) is 13.4. The van der Waals surface area contributed by atoms with Crippen LogP contribution >= 0.6 is 0 Å². The number of likely N-dealkylation sites (tertiary alicyclic amines) is 1. The van der Waals surface area contributed by atoms with Gasteiger partial charge in [-0.25, -0.2) is 0 Å².